The van der Waals surface area contributed by atoms with Crippen molar-refractivity contribution in [1.82, 2.24) is 24.2 Å². The third kappa shape index (κ3) is 5.78. The first-order valence-corrected chi connectivity index (χ1v) is 15.3. The minimum Gasteiger partial charge on any atom is -0.372 e. The molecule has 0 aromatic carbocycles. The van der Waals surface area contributed by atoms with Crippen molar-refractivity contribution in [2.24, 2.45) is 0 Å². The van der Waals surface area contributed by atoms with Gasteiger partial charge in [0.15, 0.2) is 0 Å². The number of fused-ring (bicyclic) bond motifs is 1. The number of rotatable bonds is 6. The molecule has 1 saturated heterocycles. The van der Waals surface area contributed by atoms with Gasteiger partial charge in [0, 0.05) is 37.1 Å². The van der Waals surface area contributed by atoms with Gasteiger partial charge >= 0.3 is 0 Å². The zero-order chi connectivity index (χ0) is 26.2. The molecule has 1 aliphatic rings. The number of amides is 1. The predicted octanol–water partition coefficient (Wildman–Crippen LogP) is 4.49. The largest absolute Gasteiger partial charge is 0.372 e. The monoisotopic (exact) mass is 518 g/mol. The van der Waals surface area contributed by atoms with Crippen molar-refractivity contribution in [2.75, 3.05) is 36.8 Å². The van der Waals surface area contributed by atoms with Crippen molar-refractivity contribution >= 4 is 32.8 Å². The molecule has 0 saturated carbocycles. The molecule has 1 fully saturated rings. The maximum atomic E-state index is 12.7. The number of carbonyl (C=O) groups is 1. The molecule has 0 spiro atoms. The summed E-state index contributed by atoms with van der Waals surface area (Å²) < 4.78 is 7.99. The highest BCUT2D eigenvalue weighted by Crippen LogP contribution is 2.36. The summed E-state index contributed by atoms with van der Waals surface area (Å²) in [6.07, 6.45) is 12.6. The molecule has 1 N–H and O–H groups in total. The second-order valence-electron chi connectivity index (χ2n) is 10.3. The number of hydrogen-bond donors (Lipinski definition) is 1. The predicted molar refractivity (Wildman–Crippen MR) is 151 cm³/mol. The van der Waals surface area contributed by atoms with Crippen LogP contribution in [0, 0.1) is 0 Å². The smallest absolute Gasteiger partial charge is 0.253 e. The summed E-state index contributed by atoms with van der Waals surface area (Å²) >= 11 is 0. The fraction of sp³-hybridized carbons (Fsp3) is 0.357. The quantitative estimate of drug-likeness (QED) is 0.405. The fourth-order valence-electron chi connectivity index (χ4n) is 4.53. The summed E-state index contributed by atoms with van der Waals surface area (Å²) in [5.41, 5.74) is 3.85. The van der Waals surface area contributed by atoms with Gasteiger partial charge in [-0.1, -0.05) is 6.07 Å². The number of morpholine rings is 1. The lowest BCUT2D eigenvalue weighted by atomic mass is 10.1. The van der Waals surface area contributed by atoms with E-state index in [1.807, 2.05) is 54.9 Å². The number of aromatic nitrogens is 4. The molecule has 4 aromatic heterocycles. The van der Waals surface area contributed by atoms with Gasteiger partial charge in [0.2, 0.25) is 0 Å². The lowest BCUT2D eigenvalue weighted by molar-refractivity contribution is -0.00545. The number of hydrogen-bond acceptors (Lipinski definition) is 6. The molecule has 1 amide bonds. The number of ether oxygens (including phenoxy) is 1. The molecule has 0 radical (unpaired) electrons. The van der Waals surface area contributed by atoms with Crippen LogP contribution < -0.4 is 10.2 Å². The molecule has 194 valence electrons. The van der Waals surface area contributed by atoms with Crippen LogP contribution in [0.1, 0.15) is 29.9 Å². The summed E-state index contributed by atoms with van der Waals surface area (Å²) in [5.74, 6) is 0.820. The molecule has 0 aliphatic carbocycles. The number of carbonyl (C=O) groups excluding carboxylic acids is 1. The number of pyridine rings is 3. The van der Waals surface area contributed by atoms with E-state index in [0.29, 0.717) is 12.1 Å². The van der Waals surface area contributed by atoms with Crippen molar-refractivity contribution in [3.8, 4) is 11.4 Å². The first-order valence-electron chi connectivity index (χ1n) is 12.4. The normalized spacial score (nSPS) is 18.7. The molecule has 2 atom stereocenters. The third-order valence-electron chi connectivity index (χ3n) is 6.36. The van der Waals surface area contributed by atoms with Gasteiger partial charge in [0.25, 0.3) is 5.91 Å². The zero-order valence-corrected chi connectivity index (χ0v) is 22.8. The highest BCUT2D eigenvalue weighted by atomic mass is 32.3. The summed E-state index contributed by atoms with van der Waals surface area (Å²) in [7, 11) is -0.946. The lowest BCUT2D eigenvalue weighted by Crippen LogP contribution is -2.45. The van der Waals surface area contributed by atoms with E-state index in [1.54, 1.807) is 6.20 Å². The Morgan fingerprint density at radius 2 is 1.81 bits per heavy atom. The molecule has 1 aliphatic heterocycles. The Kier molecular flexibility index (Phi) is 6.92. The molecule has 5 heterocycles. The molecule has 4 aromatic rings. The summed E-state index contributed by atoms with van der Waals surface area (Å²) in [5, 5.41) is 3.92. The van der Waals surface area contributed by atoms with Gasteiger partial charge in [-0.2, -0.15) is 10.2 Å². The van der Waals surface area contributed by atoms with Crippen molar-refractivity contribution in [3.63, 3.8) is 0 Å². The molecular weight excluding hydrogens is 484 g/mol. The average Bonchev–Trinajstić information content (AvgIpc) is 3.38. The first-order chi connectivity index (χ1) is 17.7. The molecule has 5 rings (SSSR count). The van der Waals surface area contributed by atoms with Gasteiger partial charge in [-0.05, 0) is 69.0 Å². The second kappa shape index (κ2) is 10.1. The van der Waals surface area contributed by atoms with Crippen molar-refractivity contribution < 1.29 is 9.53 Å². The highest BCUT2D eigenvalue weighted by molar-refractivity contribution is 8.30. The van der Waals surface area contributed by atoms with Gasteiger partial charge < -0.3 is 18.9 Å². The van der Waals surface area contributed by atoms with E-state index in [9.17, 15) is 4.79 Å². The Bertz CT molecular complexity index is 1420. The van der Waals surface area contributed by atoms with Crippen molar-refractivity contribution in [2.45, 2.75) is 32.6 Å². The number of nitrogens with zero attached hydrogens (tertiary/aromatic N) is 5. The molecule has 0 unspecified atom stereocenters. The minimum atomic E-state index is -0.946. The Balaban J connectivity index is 1.32. The van der Waals surface area contributed by atoms with E-state index < -0.39 is 10.2 Å². The van der Waals surface area contributed by atoms with E-state index in [2.05, 4.69) is 51.8 Å². The highest BCUT2D eigenvalue weighted by Gasteiger charge is 2.23. The summed E-state index contributed by atoms with van der Waals surface area (Å²) in [6.45, 7) is 6.14. The number of anilines is 1. The Labute approximate surface area is 219 Å². The van der Waals surface area contributed by atoms with E-state index in [0.717, 1.165) is 46.9 Å². The van der Waals surface area contributed by atoms with Crippen LogP contribution in [0.2, 0.25) is 0 Å². The average molecular weight is 519 g/mol. The molecule has 0 bridgehead atoms. The van der Waals surface area contributed by atoms with Crippen molar-refractivity contribution in [3.05, 3.63) is 72.3 Å². The summed E-state index contributed by atoms with van der Waals surface area (Å²) in [4.78, 5) is 29.3. The fourth-order valence-corrected chi connectivity index (χ4v) is 5.38. The van der Waals surface area contributed by atoms with Crippen LogP contribution in [0.25, 0.3) is 22.3 Å². The van der Waals surface area contributed by atoms with E-state index >= 15 is 0 Å². The second-order valence-corrected chi connectivity index (χ2v) is 14.3. The lowest BCUT2D eigenvalue weighted by Gasteiger charge is -2.36. The van der Waals surface area contributed by atoms with Gasteiger partial charge in [-0.3, -0.25) is 9.78 Å². The van der Waals surface area contributed by atoms with Crippen molar-refractivity contribution in [1.29, 1.82) is 0 Å². The van der Waals surface area contributed by atoms with Crippen LogP contribution in [0.15, 0.2) is 61.1 Å². The van der Waals surface area contributed by atoms with Gasteiger partial charge in [0.1, 0.15) is 5.82 Å². The molecule has 37 heavy (non-hydrogen) atoms. The standard InChI is InChI=1S/C28H34N6O2S/c1-19-16-33(17-20(2)36-19)27-8-6-7-24(32-27)25-10-9-21-14-29-23(13-26(21)31-25)15-30-28(35)22-11-12-34(18-22)37(3,4)5/h6-14,18-20H,15-17H2,1-5H3,(H,30,35)/t19-,20+. The van der Waals surface area contributed by atoms with Crippen LogP contribution in [0.3, 0.4) is 0 Å². The van der Waals surface area contributed by atoms with E-state index in [-0.39, 0.29) is 18.1 Å². The van der Waals surface area contributed by atoms with Gasteiger partial charge in [-0.25, -0.2) is 9.97 Å². The molecule has 8 nitrogen and oxygen atoms in total. The van der Waals surface area contributed by atoms with Crippen LogP contribution in [0.4, 0.5) is 5.82 Å². The van der Waals surface area contributed by atoms with Crippen LogP contribution >= 0.6 is 10.2 Å². The molecular formula is C28H34N6O2S. The Morgan fingerprint density at radius 3 is 2.54 bits per heavy atom. The minimum absolute atomic E-state index is 0.112. The SMILES string of the molecule is C[C@@H]1CN(c2cccc(-c3ccc4cnc(CNC(=O)c5ccn(S(C)(C)C)c5)cc4n3)n2)C[C@H](C)O1. The Hall–Kier alpha value is -3.43. The maximum absolute atomic E-state index is 12.7. The van der Waals surface area contributed by atoms with E-state index in [1.165, 1.54) is 0 Å². The summed E-state index contributed by atoms with van der Waals surface area (Å²) in [6, 6.07) is 13.8. The van der Waals surface area contributed by atoms with Crippen LogP contribution in [-0.4, -0.2) is 68.9 Å². The number of nitrogens with one attached hydrogen (secondary N) is 1. The Morgan fingerprint density at radius 1 is 1.05 bits per heavy atom. The maximum Gasteiger partial charge on any atom is 0.253 e. The van der Waals surface area contributed by atoms with Gasteiger partial charge in [-0.15, -0.1) is 0 Å². The zero-order valence-electron chi connectivity index (χ0n) is 22.0. The van der Waals surface area contributed by atoms with Crippen LogP contribution in [-0.2, 0) is 11.3 Å². The van der Waals surface area contributed by atoms with E-state index in [4.69, 9.17) is 14.7 Å². The third-order valence-corrected chi connectivity index (χ3v) is 7.85. The van der Waals surface area contributed by atoms with Crippen LogP contribution in [0.5, 0.6) is 0 Å². The molecule has 9 heteroatoms. The topological polar surface area (TPSA) is 85.2 Å². The first kappa shape index (κ1) is 25.2. The van der Waals surface area contributed by atoms with Gasteiger partial charge in [0.05, 0.1) is 46.9 Å².